The van der Waals surface area contributed by atoms with Gasteiger partial charge in [0.05, 0.1) is 18.3 Å². The van der Waals surface area contributed by atoms with Gasteiger partial charge in [0.2, 0.25) is 0 Å². The van der Waals surface area contributed by atoms with Crippen LogP contribution >= 0.6 is 0 Å². The smallest absolute Gasteiger partial charge is 0.374 e. The van der Waals surface area contributed by atoms with Crippen LogP contribution in [-0.4, -0.2) is 49.7 Å². The van der Waals surface area contributed by atoms with Gasteiger partial charge in [-0.25, -0.2) is 0 Å². The summed E-state index contributed by atoms with van der Waals surface area (Å²) in [5.74, 6) is 0.166. The van der Waals surface area contributed by atoms with Crippen molar-refractivity contribution in [1.29, 1.82) is 0 Å². The molecule has 24 heavy (non-hydrogen) atoms. The molecule has 4 nitrogen and oxygen atoms in total. The van der Waals surface area contributed by atoms with E-state index in [1.54, 1.807) is 0 Å². The molecule has 1 saturated heterocycles. The highest BCUT2D eigenvalue weighted by Gasteiger charge is 2.30. The van der Waals surface area contributed by atoms with E-state index in [2.05, 4.69) is 24.1 Å². The fourth-order valence-electron chi connectivity index (χ4n) is 2.71. The molecule has 7 heteroatoms. The summed E-state index contributed by atoms with van der Waals surface area (Å²) in [6.07, 6.45) is -4.50. The summed E-state index contributed by atoms with van der Waals surface area (Å²) in [4.78, 5) is 14.3. The van der Waals surface area contributed by atoms with Crippen molar-refractivity contribution >= 4 is 5.91 Å². The quantitative estimate of drug-likeness (QED) is 0.893. The molecule has 1 amide bonds. The number of rotatable bonds is 5. The largest absolute Gasteiger partial charge is 0.416 e. The first-order valence-corrected chi connectivity index (χ1v) is 8.05. The van der Waals surface area contributed by atoms with Gasteiger partial charge in [-0.1, -0.05) is 13.8 Å². The zero-order chi connectivity index (χ0) is 17.7. The molecular weight excluding hydrogens is 321 g/mol. The van der Waals surface area contributed by atoms with Crippen LogP contribution in [0.4, 0.5) is 13.2 Å². The normalized spacial score (nSPS) is 19.5. The molecule has 0 aromatic heterocycles. The number of halogens is 3. The molecule has 1 N–H and O–H groups in total. The number of carbonyl (C=O) groups excluding carboxylic acids is 1. The van der Waals surface area contributed by atoms with Gasteiger partial charge in [0.1, 0.15) is 0 Å². The zero-order valence-corrected chi connectivity index (χ0v) is 13.9. The third kappa shape index (κ3) is 5.49. The van der Waals surface area contributed by atoms with Crippen molar-refractivity contribution in [2.75, 3.05) is 32.8 Å². The van der Waals surface area contributed by atoms with Gasteiger partial charge < -0.3 is 10.1 Å². The molecule has 1 aliphatic rings. The van der Waals surface area contributed by atoms with Gasteiger partial charge in [-0.15, -0.1) is 0 Å². The number of nitrogens with one attached hydrogen (secondary N) is 1. The Morgan fingerprint density at radius 1 is 1.33 bits per heavy atom. The maximum absolute atomic E-state index is 12.5. The monoisotopic (exact) mass is 344 g/mol. The Morgan fingerprint density at radius 3 is 2.58 bits per heavy atom. The number of morpholine rings is 1. The van der Waals surface area contributed by atoms with E-state index < -0.39 is 17.6 Å². The maximum Gasteiger partial charge on any atom is 0.416 e. The lowest BCUT2D eigenvalue weighted by Gasteiger charge is -2.33. The number of benzene rings is 1. The number of alkyl halides is 3. The minimum Gasteiger partial charge on any atom is -0.374 e. The summed E-state index contributed by atoms with van der Waals surface area (Å²) in [6, 6.07) is 4.20. The molecule has 134 valence electrons. The topological polar surface area (TPSA) is 41.6 Å². The molecule has 0 unspecified atom stereocenters. The summed E-state index contributed by atoms with van der Waals surface area (Å²) in [5, 5.41) is 2.73. The van der Waals surface area contributed by atoms with Crippen LogP contribution in [0.1, 0.15) is 29.8 Å². The fourth-order valence-corrected chi connectivity index (χ4v) is 2.71. The highest BCUT2D eigenvalue weighted by Crippen LogP contribution is 2.29. The molecular formula is C17H23F3N2O2. The van der Waals surface area contributed by atoms with Crippen molar-refractivity contribution in [3.8, 4) is 0 Å². The van der Waals surface area contributed by atoms with Crippen molar-refractivity contribution in [3.63, 3.8) is 0 Å². The number of nitrogens with zero attached hydrogens (tertiary/aromatic N) is 1. The predicted octanol–water partition coefficient (Wildman–Crippen LogP) is 2.79. The Morgan fingerprint density at radius 2 is 2.00 bits per heavy atom. The van der Waals surface area contributed by atoms with Crippen LogP contribution in [0.15, 0.2) is 24.3 Å². The van der Waals surface area contributed by atoms with Gasteiger partial charge in [-0.05, 0) is 30.2 Å². The highest BCUT2D eigenvalue weighted by atomic mass is 19.4. The second-order valence-electron chi connectivity index (χ2n) is 6.43. The van der Waals surface area contributed by atoms with Crippen LogP contribution in [0.3, 0.4) is 0 Å². The molecule has 0 radical (unpaired) electrons. The van der Waals surface area contributed by atoms with Crippen LogP contribution in [0.2, 0.25) is 0 Å². The first kappa shape index (κ1) is 18.7. The number of hydrogen-bond acceptors (Lipinski definition) is 3. The number of ether oxygens (including phenoxy) is 1. The Hall–Kier alpha value is -1.60. The van der Waals surface area contributed by atoms with Crippen molar-refractivity contribution < 1.29 is 22.7 Å². The first-order valence-electron chi connectivity index (χ1n) is 8.05. The van der Waals surface area contributed by atoms with E-state index in [1.165, 1.54) is 12.1 Å². The number of hydrogen-bond donors (Lipinski definition) is 1. The third-order valence-electron chi connectivity index (χ3n) is 3.81. The zero-order valence-electron chi connectivity index (χ0n) is 13.9. The summed E-state index contributed by atoms with van der Waals surface area (Å²) in [5.41, 5.74) is -0.558. The number of amides is 1. The van der Waals surface area contributed by atoms with Gasteiger partial charge >= 0.3 is 6.18 Å². The standard InChI is InChI=1S/C17H23F3N2O2/c1-12(2)10-22-7-8-24-15(11-22)9-21-16(23)13-3-5-14(6-4-13)17(18,19)20/h3-6,12,15H,7-11H2,1-2H3,(H,21,23)/t15-/m1/s1. The Bertz CT molecular complexity index is 544. The molecule has 1 aromatic carbocycles. The molecule has 0 saturated carbocycles. The average molecular weight is 344 g/mol. The minimum absolute atomic E-state index is 0.101. The maximum atomic E-state index is 12.5. The lowest BCUT2D eigenvalue weighted by atomic mass is 10.1. The molecule has 2 rings (SSSR count). The fraction of sp³-hybridized carbons (Fsp3) is 0.588. The van der Waals surface area contributed by atoms with Crippen molar-refractivity contribution in [2.45, 2.75) is 26.1 Å². The SMILES string of the molecule is CC(C)CN1CCO[C@H](CNC(=O)c2ccc(C(F)(F)F)cc2)C1. The van der Waals surface area contributed by atoms with E-state index in [-0.39, 0.29) is 11.7 Å². The summed E-state index contributed by atoms with van der Waals surface area (Å²) >= 11 is 0. The highest BCUT2D eigenvalue weighted by molar-refractivity contribution is 5.94. The predicted molar refractivity (Wildman–Crippen MR) is 84.8 cm³/mol. The van der Waals surface area contributed by atoms with Gasteiger partial charge in [-0.3, -0.25) is 9.69 Å². The Labute approximate surface area is 140 Å². The van der Waals surface area contributed by atoms with Crippen LogP contribution < -0.4 is 5.32 Å². The van der Waals surface area contributed by atoms with Crippen molar-refractivity contribution in [1.82, 2.24) is 10.2 Å². The Kier molecular flexibility index (Phi) is 6.23. The van der Waals surface area contributed by atoms with Crippen molar-refractivity contribution in [2.24, 2.45) is 5.92 Å². The van der Waals surface area contributed by atoms with Crippen LogP contribution in [0.25, 0.3) is 0 Å². The lowest BCUT2D eigenvalue weighted by molar-refractivity contribution is -0.137. The molecule has 1 atom stereocenters. The second kappa shape index (κ2) is 7.98. The first-order chi connectivity index (χ1) is 11.3. The molecule has 0 spiro atoms. The summed E-state index contributed by atoms with van der Waals surface area (Å²) in [6.45, 7) is 7.86. The van der Waals surface area contributed by atoms with Crippen molar-refractivity contribution in [3.05, 3.63) is 35.4 Å². The van der Waals surface area contributed by atoms with Gasteiger partial charge in [0, 0.05) is 31.7 Å². The van der Waals surface area contributed by atoms with Gasteiger partial charge in [0.25, 0.3) is 5.91 Å². The van der Waals surface area contributed by atoms with Crippen LogP contribution in [0.5, 0.6) is 0 Å². The van der Waals surface area contributed by atoms with E-state index >= 15 is 0 Å². The minimum atomic E-state index is -4.40. The molecule has 1 heterocycles. The number of carbonyl (C=O) groups is 1. The van der Waals surface area contributed by atoms with E-state index in [1.807, 2.05) is 0 Å². The molecule has 1 aliphatic heterocycles. The summed E-state index contributed by atoms with van der Waals surface area (Å²) < 4.78 is 43.2. The van der Waals surface area contributed by atoms with Gasteiger partial charge in [-0.2, -0.15) is 13.2 Å². The molecule has 0 aliphatic carbocycles. The second-order valence-corrected chi connectivity index (χ2v) is 6.43. The molecule has 1 fully saturated rings. The van der Waals surface area contributed by atoms with E-state index in [0.717, 1.165) is 31.8 Å². The Balaban J connectivity index is 1.84. The molecule has 1 aromatic rings. The van der Waals surface area contributed by atoms with E-state index in [0.29, 0.717) is 19.1 Å². The van der Waals surface area contributed by atoms with E-state index in [9.17, 15) is 18.0 Å². The van der Waals surface area contributed by atoms with Gasteiger partial charge in [0.15, 0.2) is 0 Å². The molecule has 0 bridgehead atoms. The van der Waals surface area contributed by atoms with Crippen LogP contribution in [-0.2, 0) is 10.9 Å². The lowest BCUT2D eigenvalue weighted by Crippen LogP contribution is -2.48. The average Bonchev–Trinajstić information content (AvgIpc) is 2.51. The van der Waals surface area contributed by atoms with E-state index in [4.69, 9.17) is 4.74 Å². The summed E-state index contributed by atoms with van der Waals surface area (Å²) in [7, 11) is 0. The van der Waals surface area contributed by atoms with Crippen LogP contribution in [0, 0.1) is 5.92 Å². The third-order valence-corrected chi connectivity index (χ3v) is 3.81.